The average Bonchev–Trinajstić information content (AvgIpc) is 2.41. The van der Waals surface area contributed by atoms with Gasteiger partial charge in [0.1, 0.15) is 0 Å². The van der Waals surface area contributed by atoms with Crippen molar-refractivity contribution >= 4 is 10.0 Å². The van der Waals surface area contributed by atoms with Gasteiger partial charge in [-0.1, -0.05) is 26.2 Å². The molecule has 0 saturated heterocycles. The molecule has 0 radical (unpaired) electrons. The van der Waals surface area contributed by atoms with E-state index in [9.17, 15) is 8.42 Å². The molecule has 1 fully saturated rings. The van der Waals surface area contributed by atoms with E-state index in [1.54, 1.807) is 7.05 Å². The van der Waals surface area contributed by atoms with E-state index in [-0.39, 0.29) is 11.8 Å². The van der Waals surface area contributed by atoms with Gasteiger partial charge in [-0.3, -0.25) is 0 Å². The van der Waals surface area contributed by atoms with Crippen LogP contribution in [-0.2, 0) is 10.0 Å². The van der Waals surface area contributed by atoms with Gasteiger partial charge in [0.25, 0.3) is 0 Å². The lowest BCUT2D eigenvalue weighted by Gasteiger charge is -2.22. The van der Waals surface area contributed by atoms with Crippen LogP contribution in [0.15, 0.2) is 0 Å². The van der Waals surface area contributed by atoms with Crippen molar-refractivity contribution in [2.75, 3.05) is 19.3 Å². The SMILES string of the molecule is CNCCS(=O)(=O)NC1CCCCCC1C. The molecular formula is C11H24N2O2S. The summed E-state index contributed by atoms with van der Waals surface area (Å²) in [5, 5.41) is 2.87. The Morgan fingerprint density at radius 1 is 1.19 bits per heavy atom. The number of rotatable bonds is 5. The second-order valence-electron chi connectivity index (χ2n) is 4.76. The maximum absolute atomic E-state index is 11.8. The smallest absolute Gasteiger partial charge is 0.213 e. The minimum absolute atomic E-state index is 0.143. The van der Waals surface area contributed by atoms with Crippen molar-refractivity contribution in [1.82, 2.24) is 10.0 Å². The highest BCUT2D eigenvalue weighted by Gasteiger charge is 2.24. The summed E-state index contributed by atoms with van der Waals surface area (Å²) in [5.74, 6) is 0.638. The van der Waals surface area contributed by atoms with E-state index in [2.05, 4.69) is 17.0 Å². The van der Waals surface area contributed by atoms with Crippen LogP contribution in [0.5, 0.6) is 0 Å². The van der Waals surface area contributed by atoms with Crippen LogP contribution in [0.1, 0.15) is 39.0 Å². The minimum Gasteiger partial charge on any atom is -0.319 e. The van der Waals surface area contributed by atoms with E-state index in [0.29, 0.717) is 12.5 Å². The molecule has 0 heterocycles. The second kappa shape index (κ2) is 6.57. The van der Waals surface area contributed by atoms with Crippen LogP contribution in [0.2, 0.25) is 0 Å². The van der Waals surface area contributed by atoms with Crippen molar-refractivity contribution < 1.29 is 8.42 Å². The molecule has 96 valence electrons. The normalized spacial score (nSPS) is 27.6. The number of sulfonamides is 1. The molecule has 1 rings (SSSR count). The Bertz CT molecular complexity index is 290. The van der Waals surface area contributed by atoms with Gasteiger partial charge in [0.2, 0.25) is 10.0 Å². The van der Waals surface area contributed by atoms with Gasteiger partial charge in [-0.2, -0.15) is 0 Å². The third-order valence-electron chi connectivity index (χ3n) is 3.31. The Hall–Kier alpha value is -0.130. The Labute approximate surface area is 99.2 Å². The summed E-state index contributed by atoms with van der Waals surface area (Å²) in [4.78, 5) is 0. The quantitative estimate of drug-likeness (QED) is 0.716. The zero-order valence-electron chi connectivity index (χ0n) is 10.3. The van der Waals surface area contributed by atoms with Crippen LogP contribution >= 0.6 is 0 Å². The van der Waals surface area contributed by atoms with Crippen molar-refractivity contribution in [1.29, 1.82) is 0 Å². The molecule has 0 aromatic heterocycles. The van der Waals surface area contributed by atoms with Crippen molar-refractivity contribution in [3.63, 3.8) is 0 Å². The average molecular weight is 248 g/mol. The minimum atomic E-state index is -3.10. The van der Waals surface area contributed by atoms with E-state index in [1.165, 1.54) is 12.8 Å². The van der Waals surface area contributed by atoms with Crippen LogP contribution in [0, 0.1) is 5.92 Å². The molecule has 5 heteroatoms. The molecule has 0 spiro atoms. The summed E-state index contributed by atoms with van der Waals surface area (Å²) in [6.45, 7) is 2.66. The topological polar surface area (TPSA) is 58.2 Å². The molecular weight excluding hydrogens is 224 g/mol. The number of nitrogens with one attached hydrogen (secondary N) is 2. The van der Waals surface area contributed by atoms with E-state index in [1.807, 2.05) is 0 Å². The Morgan fingerprint density at radius 2 is 1.88 bits per heavy atom. The summed E-state index contributed by atoms with van der Waals surface area (Å²) in [7, 11) is -1.34. The lowest BCUT2D eigenvalue weighted by molar-refractivity contribution is 0.399. The molecule has 1 aliphatic carbocycles. The zero-order chi connectivity index (χ0) is 12.0. The van der Waals surface area contributed by atoms with Gasteiger partial charge < -0.3 is 5.32 Å². The van der Waals surface area contributed by atoms with E-state index >= 15 is 0 Å². The Kier molecular flexibility index (Phi) is 5.72. The van der Waals surface area contributed by atoms with Crippen LogP contribution in [0.25, 0.3) is 0 Å². The predicted molar refractivity (Wildman–Crippen MR) is 66.9 cm³/mol. The fraction of sp³-hybridized carbons (Fsp3) is 1.00. The third kappa shape index (κ3) is 4.80. The van der Waals surface area contributed by atoms with Crippen molar-refractivity contribution in [2.24, 2.45) is 5.92 Å². The molecule has 4 nitrogen and oxygen atoms in total. The van der Waals surface area contributed by atoms with Gasteiger partial charge in [0.15, 0.2) is 0 Å². The van der Waals surface area contributed by atoms with Gasteiger partial charge in [-0.25, -0.2) is 13.1 Å². The first-order valence-corrected chi connectivity index (χ1v) is 7.85. The molecule has 0 aromatic rings. The summed E-state index contributed by atoms with van der Waals surface area (Å²) < 4.78 is 26.4. The summed E-state index contributed by atoms with van der Waals surface area (Å²) in [6.07, 6.45) is 5.73. The van der Waals surface area contributed by atoms with E-state index in [0.717, 1.165) is 19.3 Å². The van der Waals surface area contributed by atoms with Gasteiger partial charge in [0, 0.05) is 12.6 Å². The lowest BCUT2D eigenvalue weighted by Crippen LogP contribution is -2.41. The van der Waals surface area contributed by atoms with Crippen LogP contribution in [-0.4, -0.2) is 33.8 Å². The van der Waals surface area contributed by atoms with Crippen LogP contribution in [0.4, 0.5) is 0 Å². The first-order chi connectivity index (χ1) is 7.55. The number of hydrogen-bond donors (Lipinski definition) is 2. The molecule has 16 heavy (non-hydrogen) atoms. The van der Waals surface area contributed by atoms with Crippen LogP contribution in [0.3, 0.4) is 0 Å². The van der Waals surface area contributed by atoms with Crippen molar-refractivity contribution in [3.05, 3.63) is 0 Å². The Balaban J connectivity index is 2.50. The first-order valence-electron chi connectivity index (χ1n) is 6.20. The fourth-order valence-corrected chi connectivity index (χ4v) is 3.60. The van der Waals surface area contributed by atoms with E-state index in [4.69, 9.17) is 0 Å². The molecule has 0 aliphatic heterocycles. The summed E-state index contributed by atoms with van der Waals surface area (Å²) in [5.41, 5.74) is 0. The molecule has 2 atom stereocenters. The van der Waals surface area contributed by atoms with Crippen molar-refractivity contribution in [3.8, 4) is 0 Å². The monoisotopic (exact) mass is 248 g/mol. The molecule has 2 unspecified atom stereocenters. The van der Waals surface area contributed by atoms with Crippen LogP contribution < -0.4 is 10.0 Å². The summed E-state index contributed by atoms with van der Waals surface area (Å²) in [6, 6.07) is 0.143. The van der Waals surface area contributed by atoms with Gasteiger partial charge in [-0.15, -0.1) is 0 Å². The summed E-state index contributed by atoms with van der Waals surface area (Å²) >= 11 is 0. The molecule has 1 saturated carbocycles. The van der Waals surface area contributed by atoms with Gasteiger partial charge in [0.05, 0.1) is 5.75 Å². The fourth-order valence-electron chi connectivity index (χ4n) is 2.19. The molecule has 0 aromatic carbocycles. The van der Waals surface area contributed by atoms with E-state index < -0.39 is 10.0 Å². The highest BCUT2D eigenvalue weighted by atomic mass is 32.2. The first kappa shape index (κ1) is 13.9. The predicted octanol–water partition coefficient (Wildman–Crippen LogP) is 1.09. The standard InChI is InChI=1S/C11H24N2O2S/c1-10-6-4-3-5-7-11(10)13-16(14,15)9-8-12-2/h10-13H,3-9H2,1-2H3. The van der Waals surface area contributed by atoms with Crippen molar-refractivity contribution in [2.45, 2.75) is 45.1 Å². The third-order valence-corrected chi connectivity index (χ3v) is 4.72. The Morgan fingerprint density at radius 3 is 2.56 bits per heavy atom. The number of hydrogen-bond acceptors (Lipinski definition) is 3. The lowest BCUT2D eigenvalue weighted by atomic mass is 9.98. The second-order valence-corrected chi connectivity index (χ2v) is 6.64. The molecule has 0 amide bonds. The van der Waals surface area contributed by atoms with Gasteiger partial charge >= 0.3 is 0 Å². The largest absolute Gasteiger partial charge is 0.319 e. The maximum Gasteiger partial charge on any atom is 0.213 e. The van der Waals surface area contributed by atoms with Gasteiger partial charge in [-0.05, 0) is 25.8 Å². The highest BCUT2D eigenvalue weighted by molar-refractivity contribution is 7.89. The molecule has 0 bridgehead atoms. The molecule has 2 N–H and O–H groups in total. The zero-order valence-corrected chi connectivity index (χ0v) is 11.1. The molecule has 1 aliphatic rings. The maximum atomic E-state index is 11.8. The highest BCUT2D eigenvalue weighted by Crippen LogP contribution is 2.23.